The fourth-order valence-electron chi connectivity index (χ4n) is 2.72. The molecule has 29 heavy (non-hydrogen) atoms. The highest BCUT2D eigenvalue weighted by Crippen LogP contribution is 2.33. The van der Waals surface area contributed by atoms with Crippen LogP contribution in [-0.4, -0.2) is 32.1 Å². The summed E-state index contributed by atoms with van der Waals surface area (Å²) in [6.07, 6.45) is 1.61. The van der Waals surface area contributed by atoms with Crippen LogP contribution < -0.4 is 5.56 Å². The van der Waals surface area contributed by atoms with E-state index in [1.165, 1.54) is 35.9 Å². The van der Waals surface area contributed by atoms with Crippen molar-refractivity contribution in [3.8, 4) is 5.69 Å². The molecule has 1 aromatic heterocycles. The maximum absolute atomic E-state index is 13.0. The van der Waals surface area contributed by atoms with Crippen molar-refractivity contribution in [2.75, 3.05) is 0 Å². The van der Waals surface area contributed by atoms with Crippen molar-refractivity contribution in [3.05, 3.63) is 50.4 Å². The zero-order valence-corrected chi connectivity index (χ0v) is 17.7. The number of ether oxygens (including phenoxy) is 1. The topological polar surface area (TPSA) is 109 Å². The molecule has 0 aliphatic rings. The SMILES string of the molecule is CC(=O)OC(C)(C)C(C)(C)C=Nc1c(C)n(C)n(-c2ccc([N+](=O)[O-])cc2)c1=O. The van der Waals surface area contributed by atoms with Gasteiger partial charge in [0.15, 0.2) is 5.69 Å². The molecule has 0 amide bonds. The number of hydrogen-bond donors (Lipinski definition) is 0. The molecule has 1 heterocycles. The number of nitro benzene ring substituents is 1. The number of aliphatic imine (C=N–C) groups is 1. The predicted molar refractivity (Wildman–Crippen MR) is 110 cm³/mol. The Morgan fingerprint density at radius 2 is 1.76 bits per heavy atom. The number of benzene rings is 1. The smallest absolute Gasteiger partial charge is 0.303 e. The molecule has 9 heteroatoms. The van der Waals surface area contributed by atoms with Crippen molar-refractivity contribution in [2.45, 2.75) is 47.1 Å². The van der Waals surface area contributed by atoms with Crippen molar-refractivity contribution in [2.24, 2.45) is 17.5 Å². The molecule has 0 atom stereocenters. The number of non-ortho nitro benzene ring substituents is 1. The summed E-state index contributed by atoms with van der Waals surface area (Å²) in [6, 6.07) is 5.72. The summed E-state index contributed by atoms with van der Waals surface area (Å²) in [4.78, 5) is 39.2. The largest absolute Gasteiger partial charge is 0.459 e. The minimum Gasteiger partial charge on any atom is -0.459 e. The lowest BCUT2D eigenvalue weighted by Gasteiger charge is -2.37. The second kappa shape index (κ2) is 7.65. The van der Waals surface area contributed by atoms with Crippen molar-refractivity contribution in [1.29, 1.82) is 0 Å². The number of carbonyl (C=O) groups excluding carboxylic acids is 1. The van der Waals surface area contributed by atoms with Gasteiger partial charge in [-0.3, -0.25) is 29.4 Å². The Labute approximate surface area is 168 Å². The van der Waals surface area contributed by atoms with E-state index in [9.17, 15) is 19.7 Å². The van der Waals surface area contributed by atoms with Crippen LogP contribution in [0.25, 0.3) is 5.69 Å². The molecule has 1 aromatic carbocycles. The molecule has 0 spiro atoms. The zero-order valence-electron chi connectivity index (χ0n) is 17.7. The summed E-state index contributed by atoms with van der Waals surface area (Å²) in [5.41, 5.74) is -0.513. The van der Waals surface area contributed by atoms with Crippen molar-refractivity contribution in [1.82, 2.24) is 9.36 Å². The Morgan fingerprint density at radius 3 is 2.24 bits per heavy atom. The minimum atomic E-state index is -0.831. The van der Waals surface area contributed by atoms with E-state index in [2.05, 4.69) is 4.99 Å². The summed E-state index contributed by atoms with van der Waals surface area (Å²) < 4.78 is 8.44. The van der Waals surface area contributed by atoms with Crippen LogP contribution in [0.5, 0.6) is 0 Å². The Morgan fingerprint density at radius 1 is 1.21 bits per heavy atom. The summed E-state index contributed by atoms with van der Waals surface area (Å²) in [5, 5.41) is 10.8. The molecule has 156 valence electrons. The normalized spacial score (nSPS) is 12.4. The van der Waals surface area contributed by atoms with Crippen LogP contribution in [0.4, 0.5) is 11.4 Å². The van der Waals surface area contributed by atoms with E-state index < -0.39 is 21.9 Å². The molecule has 2 aromatic rings. The first-order chi connectivity index (χ1) is 13.3. The molecule has 2 rings (SSSR count). The van der Waals surface area contributed by atoms with E-state index >= 15 is 0 Å². The highest BCUT2D eigenvalue weighted by molar-refractivity contribution is 5.73. The van der Waals surface area contributed by atoms with Crippen LogP contribution in [0.15, 0.2) is 34.1 Å². The fraction of sp³-hybridized carbons (Fsp3) is 0.450. The first-order valence-corrected chi connectivity index (χ1v) is 9.07. The van der Waals surface area contributed by atoms with Crippen molar-refractivity contribution >= 4 is 23.6 Å². The number of carbonyl (C=O) groups is 1. The molecule has 0 unspecified atom stereocenters. The molecular formula is C20H26N4O5. The zero-order chi connectivity index (χ0) is 22.1. The number of rotatable bonds is 6. The number of nitro groups is 1. The minimum absolute atomic E-state index is 0.0552. The molecule has 0 aliphatic carbocycles. The molecule has 9 nitrogen and oxygen atoms in total. The molecule has 0 saturated heterocycles. The first kappa shape index (κ1) is 22.1. The van der Waals surface area contributed by atoms with Gasteiger partial charge in [0.1, 0.15) is 5.60 Å². The van der Waals surface area contributed by atoms with Gasteiger partial charge in [-0.05, 0) is 32.9 Å². The maximum atomic E-state index is 13.0. The summed E-state index contributed by atoms with van der Waals surface area (Å²) >= 11 is 0. The Hall–Kier alpha value is -3.23. The standard InChI is InChI=1S/C20H26N4O5/c1-13-17(21-12-19(3,4)20(5,6)29-14(2)25)18(26)23(22(13)7)15-8-10-16(11-9-15)24(27)28/h8-12H,1-7H3. The molecule has 0 fully saturated rings. The van der Waals surface area contributed by atoms with E-state index in [0.717, 1.165) is 0 Å². The van der Waals surface area contributed by atoms with E-state index in [0.29, 0.717) is 11.4 Å². The lowest BCUT2D eigenvalue weighted by molar-refractivity contribution is -0.384. The Bertz CT molecular complexity index is 1030. The third-order valence-corrected chi connectivity index (χ3v) is 5.30. The number of aromatic nitrogens is 2. The fourth-order valence-corrected chi connectivity index (χ4v) is 2.72. The Kier molecular flexibility index (Phi) is 5.82. The van der Waals surface area contributed by atoms with Gasteiger partial charge in [-0.15, -0.1) is 0 Å². The lowest BCUT2D eigenvalue weighted by Crippen LogP contribution is -2.44. The van der Waals surface area contributed by atoms with Crippen LogP contribution in [0.1, 0.15) is 40.3 Å². The van der Waals surface area contributed by atoms with E-state index in [4.69, 9.17) is 4.74 Å². The molecule has 0 aliphatic heterocycles. The summed E-state index contributed by atoms with van der Waals surface area (Å²) in [6.45, 7) is 10.4. The van der Waals surface area contributed by atoms with Gasteiger partial charge in [0.2, 0.25) is 0 Å². The second-order valence-corrected chi connectivity index (χ2v) is 7.93. The van der Waals surface area contributed by atoms with E-state index in [1.54, 1.807) is 38.7 Å². The first-order valence-electron chi connectivity index (χ1n) is 9.07. The number of esters is 1. The molecule has 0 saturated carbocycles. The molecule has 0 radical (unpaired) electrons. The lowest BCUT2D eigenvalue weighted by atomic mass is 9.78. The quantitative estimate of drug-likeness (QED) is 0.318. The van der Waals surface area contributed by atoms with Gasteiger partial charge in [-0.1, -0.05) is 13.8 Å². The van der Waals surface area contributed by atoms with Gasteiger partial charge >= 0.3 is 5.97 Å². The highest BCUT2D eigenvalue weighted by atomic mass is 16.6. The highest BCUT2D eigenvalue weighted by Gasteiger charge is 2.39. The van der Waals surface area contributed by atoms with Gasteiger partial charge in [0.05, 0.1) is 16.3 Å². The molecule has 0 N–H and O–H groups in total. The number of hydrogen-bond acceptors (Lipinski definition) is 6. The van der Waals surface area contributed by atoms with Crippen LogP contribution in [0.3, 0.4) is 0 Å². The van der Waals surface area contributed by atoms with Gasteiger partial charge in [0.25, 0.3) is 11.2 Å². The van der Waals surface area contributed by atoms with Gasteiger partial charge < -0.3 is 4.74 Å². The van der Waals surface area contributed by atoms with Gasteiger partial charge in [-0.2, -0.15) is 0 Å². The van der Waals surface area contributed by atoms with Crippen LogP contribution in [0, 0.1) is 22.5 Å². The average Bonchev–Trinajstić information content (AvgIpc) is 2.81. The molecular weight excluding hydrogens is 376 g/mol. The third-order valence-electron chi connectivity index (χ3n) is 5.30. The van der Waals surface area contributed by atoms with Gasteiger partial charge in [-0.25, -0.2) is 4.68 Å². The summed E-state index contributed by atoms with van der Waals surface area (Å²) in [7, 11) is 1.71. The van der Waals surface area contributed by atoms with Gasteiger partial charge in [0, 0.05) is 37.7 Å². The van der Waals surface area contributed by atoms with E-state index in [-0.39, 0.29) is 16.9 Å². The Balaban J connectivity index is 2.47. The van der Waals surface area contributed by atoms with Crippen LogP contribution in [0.2, 0.25) is 0 Å². The van der Waals surface area contributed by atoms with E-state index in [1.807, 2.05) is 13.8 Å². The monoisotopic (exact) mass is 402 g/mol. The van der Waals surface area contributed by atoms with Crippen LogP contribution >= 0.6 is 0 Å². The molecule has 0 bridgehead atoms. The van der Waals surface area contributed by atoms with Crippen molar-refractivity contribution < 1.29 is 14.5 Å². The average molecular weight is 402 g/mol. The van der Waals surface area contributed by atoms with Crippen LogP contribution in [-0.2, 0) is 16.6 Å². The second-order valence-electron chi connectivity index (χ2n) is 7.93. The predicted octanol–water partition coefficient (Wildman–Crippen LogP) is 3.46. The third kappa shape index (κ3) is 4.28. The van der Waals surface area contributed by atoms with Crippen molar-refractivity contribution in [3.63, 3.8) is 0 Å². The number of nitrogens with zero attached hydrogens (tertiary/aromatic N) is 4. The summed E-state index contributed by atoms with van der Waals surface area (Å²) in [5.74, 6) is -0.395. The maximum Gasteiger partial charge on any atom is 0.303 e.